The molecule has 4 rings (SSSR count). The molecule has 0 fully saturated rings. The highest BCUT2D eigenvalue weighted by molar-refractivity contribution is 9.10. The Morgan fingerprint density at radius 1 is 1.32 bits per heavy atom. The van der Waals surface area contributed by atoms with Gasteiger partial charge >= 0.3 is 0 Å². The van der Waals surface area contributed by atoms with E-state index in [2.05, 4.69) is 41.5 Å². The summed E-state index contributed by atoms with van der Waals surface area (Å²) in [6, 6.07) is 5.78. The standard InChI is InChI=1S/C21H26BrN7O2/c1-4-31-10-9-29-12-15-18(17-14-11-13(22)5-6-16(14)24-20(17)30)25-21(26-19(15)27-29)23-7-8-28(2)3/h5-6,11-12,17H,4,7-10H2,1-3H3,(H,24,30)(H,23,26,27). The van der Waals surface area contributed by atoms with Gasteiger partial charge in [0.1, 0.15) is 5.92 Å². The first-order valence-electron chi connectivity index (χ1n) is 10.3. The van der Waals surface area contributed by atoms with Crippen LogP contribution in [-0.4, -0.2) is 71.0 Å². The maximum Gasteiger partial charge on any atom is 0.238 e. The molecule has 1 aliphatic rings. The number of halogens is 1. The zero-order valence-corrected chi connectivity index (χ0v) is 19.4. The van der Waals surface area contributed by atoms with Gasteiger partial charge in [-0.3, -0.25) is 9.48 Å². The van der Waals surface area contributed by atoms with E-state index >= 15 is 0 Å². The minimum atomic E-state index is -0.531. The van der Waals surface area contributed by atoms with E-state index in [9.17, 15) is 4.79 Å². The van der Waals surface area contributed by atoms with Gasteiger partial charge in [0.05, 0.1) is 24.2 Å². The summed E-state index contributed by atoms with van der Waals surface area (Å²) in [6.07, 6.45) is 1.90. The molecule has 1 aliphatic heterocycles. The Kier molecular flexibility index (Phi) is 6.49. The lowest BCUT2D eigenvalue weighted by Gasteiger charge is -2.13. The van der Waals surface area contributed by atoms with Crippen LogP contribution in [-0.2, 0) is 16.1 Å². The Balaban J connectivity index is 1.76. The number of likely N-dealkylation sites (N-methyl/N-ethyl adjacent to an activating group) is 1. The molecule has 0 saturated carbocycles. The van der Waals surface area contributed by atoms with E-state index in [1.807, 2.05) is 45.4 Å². The molecule has 1 amide bonds. The first-order chi connectivity index (χ1) is 15.0. The monoisotopic (exact) mass is 487 g/mol. The fourth-order valence-electron chi connectivity index (χ4n) is 3.59. The quantitative estimate of drug-likeness (QED) is 0.447. The van der Waals surface area contributed by atoms with Gasteiger partial charge < -0.3 is 20.3 Å². The summed E-state index contributed by atoms with van der Waals surface area (Å²) >= 11 is 3.52. The second-order valence-corrected chi connectivity index (χ2v) is 8.56. The van der Waals surface area contributed by atoms with Crippen molar-refractivity contribution in [3.63, 3.8) is 0 Å². The smallest absolute Gasteiger partial charge is 0.238 e. The molecule has 3 heterocycles. The molecule has 0 radical (unpaired) electrons. The number of hydrogen-bond donors (Lipinski definition) is 2. The van der Waals surface area contributed by atoms with Crippen molar-refractivity contribution < 1.29 is 9.53 Å². The van der Waals surface area contributed by atoms with Gasteiger partial charge in [-0.15, -0.1) is 0 Å². The fraction of sp³-hybridized carbons (Fsp3) is 0.429. The average molecular weight is 488 g/mol. The van der Waals surface area contributed by atoms with Crippen molar-refractivity contribution in [1.29, 1.82) is 0 Å². The molecule has 1 atom stereocenters. The first kappa shape index (κ1) is 21.7. The molecular formula is C21H26BrN7O2. The van der Waals surface area contributed by atoms with E-state index in [1.165, 1.54) is 0 Å². The Morgan fingerprint density at radius 2 is 2.16 bits per heavy atom. The highest BCUT2D eigenvalue weighted by Crippen LogP contribution is 2.40. The Labute approximate surface area is 189 Å². The fourth-order valence-corrected chi connectivity index (χ4v) is 3.96. The van der Waals surface area contributed by atoms with Gasteiger partial charge in [0.2, 0.25) is 11.9 Å². The van der Waals surface area contributed by atoms with Crippen LogP contribution in [0.3, 0.4) is 0 Å². The minimum absolute atomic E-state index is 0.102. The van der Waals surface area contributed by atoms with Crippen LogP contribution in [0.2, 0.25) is 0 Å². The maximum absolute atomic E-state index is 13.0. The number of amides is 1. The summed E-state index contributed by atoms with van der Waals surface area (Å²) in [5, 5.41) is 11.6. The molecule has 0 spiro atoms. The second-order valence-electron chi connectivity index (χ2n) is 7.64. The van der Waals surface area contributed by atoms with Gasteiger partial charge in [-0.2, -0.15) is 10.1 Å². The highest BCUT2D eigenvalue weighted by Gasteiger charge is 2.35. The molecule has 2 aromatic heterocycles. The van der Waals surface area contributed by atoms with Crippen LogP contribution in [0.15, 0.2) is 28.9 Å². The SMILES string of the molecule is CCOCCn1cc2c(C3C(=O)Nc4ccc(Br)cc43)nc(NCCN(C)C)nc2n1. The largest absolute Gasteiger partial charge is 0.380 e. The summed E-state index contributed by atoms with van der Waals surface area (Å²) in [7, 11) is 4.02. The summed E-state index contributed by atoms with van der Waals surface area (Å²) in [6.45, 7) is 5.29. The van der Waals surface area contributed by atoms with Crippen LogP contribution in [0, 0.1) is 0 Å². The number of nitrogens with zero attached hydrogens (tertiary/aromatic N) is 5. The van der Waals surface area contributed by atoms with Crippen molar-refractivity contribution in [3.05, 3.63) is 40.1 Å². The van der Waals surface area contributed by atoms with Crippen LogP contribution in [0.1, 0.15) is 24.1 Å². The lowest BCUT2D eigenvalue weighted by atomic mass is 9.95. The topological polar surface area (TPSA) is 97.2 Å². The Bertz CT molecular complexity index is 1100. The third-order valence-electron chi connectivity index (χ3n) is 5.09. The number of anilines is 2. The molecule has 0 saturated heterocycles. The van der Waals surface area contributed by atoms with Crippen LogP contribution < -0.4 is 10.6 Å². The van der Waals surface area contributed by atoms with E-state index < -0.39 is 5.92 Å². The lowest BCUT2D eigenvalue weighted by Crippen LogP contribution is -2.22. The third-order valence-corrected chi connectivity index (χ3v) is 5.58. The Morgan fingerprint density at radius 3 is 2.94 bits per heavy atom. The normalized spacial score (nSPS) is 15.5. The number of ether oxygens (including phenoxy) is 1. The van der Waals surface area contributed by atoms with Gasteiger partial charge in [-0.25, -0.2) is 4.98 Å². The highest BCUT2D eigenvalue weighted by atomic mass is 79.9. The zero-order chi connectivity index (χ0) is 22.0. The zero-order valence-electron chi connectivity index (χ0n) is 17.9. The van der Waals surface area contributed by atoms with Crippen molar-refractivity contribution in [2.24, 2.45) is 0 Å². The number of fused-ring (bicyclic) bond motifs is 2. The molecular weight excluding hydrogens is 462 g/mol. The summed E-state index contributed by atoms with van der Waals surface area (Å²) in [5.74, 6) is -0.165. The van der Waals surface area contributed by atoms with Gasteiger partial charge in [0.15, 0.2) is 5.65 Å². The van der Waals surface area contributed by atoms with Gasteiger partial charge in [-0.1, -0.05) is 15.9 Å². The average Bonchev–Trinajstić information content (AvgIpc) is 3.27. The number of carbonyl (C=O) groups excluding carboxylic acids is 1. The molecule has 2 N–H and O–H groups in total. The number of rotatable bonds is 9. The third kappa shape index (κ3) is 4.70. The first-order valence-corrected chi connectivity index (χ1v) is 11.1. The van der Waals surface area contributed by atoms with Crippen molar-refractivity contribution in [2.75, 3.05) is 51.0 Å². The lowest BCUT2D eigenvalue weighted by molar-refractivity contribution is -0.116. The van der Waals surface area contributed by atoms with Crippen molar-refractivity contribution in [2.45, 2.75) is 19.4 Å². The van der Waals surface area contributed by atoms with Gasteiger partial charge in [0, 0.05) is 36.1 Å². The summed E-state index contributed by atoms with van der Waals surface area (Å²) in [4.78, 5) is 24.4. The maximum atomic E-state index is 13.0. The van der Waals surface area contributed by atoms with E-state index in [4.69, 9.17) is 9.72 Å². The van der Waals surface area contributed by atoms with Crippen LogP contribution >= 0.6 is 15.9 Å². The van der Waals surface area contributed by atoms with E-state index in [0.29, 0.717) is 43.6 Å². The molecule has 164 valence electrons. The van der Waals surface area contributed by atoms with Gasteiger partial charge in [0.25, 0.3) is 0 Å². The van der Waals surface area contributed by atoms with Crippen molar-refractivity contribution in [3.8, 4) is 0 Å². The van der Waals surface area contributed by atoms with Crippen LogP contribution in [0.5, 0.6) is 0 Å². The molecule has 0 aliphatic carbocycles. The molecule has 1 aromatic carbocycles. The molecule has 31 heavy (non-hydrogen) atoms. The van der Waals surface area contributed by atoms with E-state index in [1.54, 1.807) is 4.68 Å². The van der Waals surface area contributed by atoms with Crippen LogP contribution in [0.25, 0.3) is 11.0 Å². The molecule has 9 nitrogen and oxygen atoms in total. The number of benzene rings is 1. The number of aromatic nitrogens is 4. The molecule has 0 bridgehead atoms. The minimum Gasteiger partial charge on any atom is -0.380 e. The predicted molar refractivity (Wildman–Crippen MR) is 123 cm³/mol. The molecule has 10 heteroatoms. The number of nitrogens with one attached hydrogen (secondary N) is 2. The van der Waals surface area contributed by atoms with E-state index in [-0.39, 0.29) is 5.91 Å². The molecule has 3 aromatic rings. The van der Waals surface area contributed by atoms with Crippen molar-refractivity contribution >= 4 is 44.5 Å². The molecule has 1 unspecified atom stereocenters. The number of hydrogen-bond acceptors (Lipinski definition) is 7. The van der Waals surface area contributed by atoms with Gasteiger partial charge in [-0.05, 0) is 44.8 Å². The van der Waals surface area contributed by atoms with Crippen LogP contribution in [0.4, 0.5) is 11.6 Å². The number of carbonyl (C=O) groups is 1. The summed E-state index contributed by atoms with van der Waals surface area (Å²) in [5.41, 5.74) is 2.90. The van der Waals surface area contributed by atoms with Crippen molar-refractivity contribution in [1.82, 2.24) is 24.6 Å². The van der Waals surface area contributed by atoms with E-state index in [0.717, 1.165) is 27.7 Å². The summed E-state index contributed by atoms with van der Waals surface area (Å²) < 4.78 is 8.17. The Hall–Kier alpha value is -2.56. The second kappa shape index (κ2) is 9.29. The predicted octanol–water partition coefficient (Wildman–Crippen LogP) is 2.68.